The number of fused-ring (bicyclic) bond motifs is 3. The molecule has 0 amide bonds. The molecule has 2 aliphatic heterocycles. The van der Waals surface area contributed by atoms with Gasteiger partial charge in [-0.25, -0.2) is 13.8 Å². The molecule has 7 heteroatoms. The number of benzene rings is 1. The maximum absolute atomic E-state index is 14.0. The molecular weight excluding hydrogens is 436 g/mol. The fourth-order valence-electron chi connectivity index (χ4n) is 6.06. The number of hydrogen-bond acceptors (Lipinski definition) is 4. The lowest BCUT2D eigenvalue weighted by atomic mass is 9.76. The van der Waals surface area contributed by atoms with E-state index in [0.717, 1.165) is 19.4 Å². The van der Waals surface area contributed by atoms with E-state index in [1.54, 1.807) is 22.7 Å². The first kappa shape index (κ1) is 23.0. The van der Waals surface area contributed by atoms with Gasteiger partial charge in [0.25, 0.3) is 0 Å². The number of carbonyl (C=O) groups excluding carboxylic acids is 1. The Bertz CT molecular complexity index is 1170. The molecule has 0 saturated carbocycles. The molecule has 34 heavy (non-hydrogen) atoms. The minimum absolute atomic E-state index is 0.0929. The number of halogens is 2. The van der Waals surface area contributed by atoms with Gasteiger partial charge < -0.3 is 4.74 Å². The second-order valence-corrected chi connectivity index (χ2v) is 9.63. The first-order valence-electron chi connectivity index (χ1n) is 12.3. The van der Waals surface area contributed by atoms with Gasteiger partial charge in [0.1, 0.15) is 23.9 Å². The molecule has 0 aliphatic carbocycles. The number of ether oxygens (including phenoxy) is 1. The van der Waals surface area contributed by atoms with E-state index in [2.05, 4.69) is 16.8 Å². The molecule has 5 rings (SSSR count). The van der Waals surface area contributed by atoms with Crippen LogP contribution < -0.4 is 4.74 Å². The molecule has 3 aromatic rings. The van der Waals surface area contributed by atoms with Crippen molar-refractivity contribution < 1.29 is 18.3 Å². The van der Waals surface area contributed by atoms with Gasteiger partial charge in [0.15, 0.2) is 17.2 Å². The van der Waals surface area contributed by atoms with Crippen LogP contribution in [0.4, 0.5) is 8.78 Å². The first-order valence-corrected chi connectivity index (χ1v) is 12.3. The predicted molar refractivity (Wildman–Crippen MR) is 126 cm³/mol. The average Bonchev–Trinajstić information content (AvgIpc) is 3.14. The fourth-order valence-corrected chi connectivity index (χ4v) is 6.06. The lowest BCUT2D eigenvalue weighted by Crippen LogP contribution is -2.52. The Balaban J connectivity index is 1.35. The number of rotatable bonds is 7. The first-order chi connectivity index (χ1) is 16.5. The normalized spacial score (nSPS) is 22.8. The Morgan fingerprint density at radius 1 is 1.12 bits per heavy atom. The number of ketones is 1. The molecule has 0 spiro atoms. The zero-order chi connectivity index (χ0) is 23.8. The highest BCUT2D eigenvalue weighted by Crippen LogP contribution is 2.38. The van der Waals surface area contributed by atoms with E-state index >= 15 is 0 Å². The van der Waals surface area contributed by atoms with Crippen molar-refractivity contribution >= 4 is 11.4 Å². The SMILES string of the molecule is CCN1C2CCCC1CC(CC(=O)c1c(C)nc3c(OCc4c(F)cccc4F)cccn13)C2. The van der Waals surface area contributed by atoms with E-state index in [1.165, 1.54) is 37.5 Å². The number of carbonyl (C=O) groups is 1. The smallest absolute Gasteiger partial charge is 0.181 e. The van der Waals surface area contributed by atoms with Crippen LogP contribution >= 0.6 is 0 Å². The molecule has 180 valence electrons. The van der Waals surface area contributed by atoms with Crippen molar-refractivity contribution in [2.24, 2.45) is 5.92 Å². The molecule has 5 nitrogen and oxygen atoms in total. The maximum atomic E-state index is 14.0. The van der Waals surface area contributed by atoms with Crippen LogP contribution in [0.2, 0.25) is 0 Å². The van der Waals surface area contributed by atoms with Crippen LogP contribution in [0.25, 0.3) is 5.65 Å². The molecule has 4 heterocycles. The molecule has 2 bridgehead atoms. The van der Waals surface area contributed by atoms with Gasteiger partial charge in [-0.2, -0.15) is 0 Å². The molecule has 2 aliphatic rings. The van der Waals surface area contributed by atoms with Crippen molar-refractivity contribution in [2.45, 2.75) is 71.1 Å². The third kappa shape index (κ3) is 4.22. The van der Waals surface area contributed by atoms with Crippen LogP contribution in [0.5, 0.6) is 5.75 Å². The highest BCUT2D eigenvalue weighted by Gasteiger charge is 2.38. The second kappa shape index (κ2) is 9.45. The van der Waals surface area contributed by atoms with Crippen LogP contribution in [0.3, 0.4) is 0 Å². The lowest BCUT2D eigenvalue weighted by molar-refractivity contribution is 0.0165. The largest absolute Gasteiger partial charge is 0.485 e. The zero-order valence-electron chi connectivity index (χ0n) is 19.8. The quantitative estimate of drug-likeness (QED) is 0.417. The molecule has 0 N–H and O–H groups in total. The van der Waals surface area contributed by atoms with Crippen molar-refractivity contribution in [2.75, 3.05) is 6.54 Å². The third-order valence-electron chi connectivity index (χ3n) is 7.55. The lowest BCUT2D eigenvalue weighted by Gasteiger charge is -2.48. The van der Waals surface area contributed by atoms with Gasteiger partial charge in [-0.1, -0.05) is 19.4 Å². The number of aromatic nitrogens is 2. The van der Waals surface area contributed by atoms with Gasteiger partial charge in [-0.3, -0.25) is 14.1 Å². The van der Waals surface area contributed by atoms with E-state index in [0.29, 0.717) is 47.2 Å². The standard InChI is InChI=1S/C27H31F2N3O2/c1-3-31-19-7-4-8-20(31)14-18(13-19)15-24(33)26-17(2)30-27-25(11-6-12-32(26)27)34-16-21-22(28)9-5-10-23(21)29/h5-6,9-12,18-20H,3-4,7-8,13-16H2,1-2H3. The van der Waals surface area contributed by atoms with Crippen LogP contribution in [0.1, 0.15) is 67.2 Å². The van der Waals surface area contributed by atoms with Crippen LogP contribution in [0, 0.1) is 24.5 Å². The van der Waals surface area contributed by atoms with Crippen molar-refractivity contribution in [1.82, 2.24) is 14.3 Å². The summed E-state index contributed by atoms with van der Waals surface area (Å²) in [5.41, 5.74) is 1.57. The summed E-state index contributed by atoms with van der Waals surface area (Å²) < 4.78 is 35.5. The van der Waals surface area contributed by atoms with E-state index in [-0.39, 0.29) is 18.0 Å². The van der Waals surface area contributed by atoms with Crippen molar-refractivity contribution in [3.8, 4) is 5.75 Å². The molecule has 2 aromatic heterocycles. The van der Waals surface area contributed by atoms with Gasteiger partial charge in [0.05, 0.1) is 11.3 Å². The van der Waals surface area contributed by atoms with E-state index in [4.69, 9.17) is 4.74 Å². The minimum Gasteiger partial charge on any atom is -0.485 e. The van der Waals surface area contributed by atoms with Gasteiger partial charge in [0, 0.05) is 24.7 Å². The minimum atomic E-state index is -0.652. The second-order valence-electron chi connectivity index (χ2n) is 9.63. The Morgan fingerprint density at radius 3 is 2.50 bits per heavy atom. The number of aryl methyl sites for hydroxylation is 1. The van der Waals surface area contributed by atoms with Gasteiger partial charge in [-0.05, 0) is 69.3 Å². The molecule has 2 unspecified atom stereocenters. The number of Topliss-reactive ketones (excluding diaryl/α,β-unsaturated/α-hetero) is 1. The summed E-state index contributed by atoms with van der Waals surface area (Å²) in [4.78, 5) is 20.7. The van der Waals surface area contributed by atoms with E-state index in [1.807, 2.05) is 6.92 Å². The van der Waals surface area contributed by atoms with E-state index < -0.39 is 11.6 Å². The number of nitrogens with zero attached hydrogens (tertiary/aromatic N) is 3. The van der Waals surface area contributed by atoms with Crippen molar-refractivity contribution in [1.29, 1.82) is 0 Å². The van der Waals surface area contributed by atoms with Crippen LogP contribution in [-0.4, -0.2) is 38.7 Å². The Labute approximate surface area is 198 Å². The molecule has 0 radical (unpaired) electrons. The molecular formula is C27H31F2N3O2. The Hall–Kier alpha value is -2.80. The molecule has 2 saturated heterocycles. The Morgan fingerprint density at radius 2 is 1.82 bits per heavy atom. The van der Waals surface area contributed by atoms with Gasteiger partial charge >= 0.3 is 0 Å². The maximum Gasteiger partial charge on any atom is 0.181 e. The molecule has 2 fully saturated rings. The average molecular weight is 468 g/mol. The topological polar surface area (TPSA) is 46.8 Å². The number of hydrogen-bond donors (Lipinski definition) is 0. The van der Waals surface area contributed by atoms with Crippen LogP contribution in [0.15, 0.2) is 36.5 Å². The Kier molecular flexibility index (Phi) is 6.38. The molecule has 2 atom stereocenters. The summed E-state index contributed by atoms with van der Waals surface area (Å²) in [6.07, 6.45) is 8.22. The summed E-state index contributed by atoms with van der Waals surface area (Å²) in [6.45, 7) is 4.89. The summed E-state index contributed by atoms with van der Waals surface area (Å²) in [5.74, 6) is -0.435. The fraction of sp³-hybridized carbons (Fsp3) is 0.481. The number of pyridine rings is 1. The third-order valence-corrected chi connectivity index (χ3v) is 7.55. The summed E-state index contributed by atoms with van der Waals surface area (Å²) in [5, 5.41) is 0. The van der Waals surface area contributed by atoms with E-state index in [9.17, 15) is 13.6 Å². The summed E-state index contributed by atoms with van der Waals surface area (Å²) in [6, 6.07) is 8.40. The molecule has 1 aromatic carbocycles. The van der Waals surface area contributed by atoms with Crippen molar-refractivity contribution in [3.63, 3.8) is 0 Å². The van der Waals surface area contributed by atoms with Gasteiger partial charge in [-0.15, -0.1) is 0 Å². The summed E-state index contributed by atoms with van der Waals surface area (Å²) >= 11 is 0. The zero-order valence-corrected chi connectivity index (χ0v) is 19.8. The summed E-state index contributed by atoms with van der Waals surface area (Å²) in [7, 11) is 0. The predicted octanol–water partition coefficient (Wildman–Crippen LogP) is 5.73. The number of imidazole rings is 1. The highest BCUT2D eigenvalue weighted by molar-refractivity contribution is 5.96. The number of piperidine rings is 2. The highest BCUT2D eigenvalue weighted by atomic mass is 19.1. The van der Waals surface area contributed by atoms with Gasteiger partial charge in [0.2, 0.25) is 0 Å². The van der Waals surface area contributed by atoms with Crippen LogP contribution in [-0.2, 0) is 6.61 Å². The van der Waals surface area contributed by atoms with Crippen molar-refractivity contribution in [3.05, 3.63) is 65.1 Å². The monoisotopic (exact) mass is 467 g/mol.